The summed E-state index contributed by atoms with van der Waals surface area (Å²) in [6.45, 7) is 4.68. The number of likely N-dealkylation sites (N-methyl/N-ethyl adjacent to an activating group) is 1. The molecule has 0 saturated heterocycles. The minimum Gasteiger partial charge on any atom is -0.389 e. The van der Waals surface area contributed by atoms with Gasteiger partial charge in [0.2, 0.25) is 0 Å². The van der Waals surface area contributed by atoms with Crippen molar-refractivity contribution in [2.24, 2.45) is 0 Å². The normalized spacial score (nSPS) is 12.4. The highest BCUT2D eigenvalue weighted by atomic mass is 32.1. The first-order valence-corrected chi connectivity index (χ1v) is 14.6. The first kappa shape index (κ1) is 29.9. The second-order valence-corrected chi connectivity index (χ2v) is 11.2. The van der Waals surface area contributed by atoms with Crippen molar-refractivity contribution in [3.05, 3.63) is 111 Å². The smallest absolute Gasteiger partial charge is 0.253 e. The van der Waals surface area contributed by atoms with Crippen LogP contribution in [-0.4, -0.2) is 64.6 Å². The molecule has 4 rings (SSSR count). The third kappa shape index (κ3) is 8.22. The van der Waals surface area contributed by atoms with E-state index in [9.17, 15) is 14.7 Å². The Kier molecular flexibility index (Phi) is 10.2. The number of nitrogens with one attached hydrogen (secondary N) is 1. The van der Waals surface area contributed by atoms with Gasteiger partial charge in [0, 0.05) is 49.0 Å². The van der Waals surface area contributed by atoms with Crippen molar-refractivity contribution in [1.29, 1.82) is 0 Å². The fourth-order valence-corrected chi connectivity index (χ4v) is 5.38. The highest BCUT2D eigenvalue weighted by Crippen LogP contribution is 2.17. The second-order valence-electron chi connectivity index (χ2n) is 10.2. The lowest BCUT2D eigenvalue weighted by Gasteiger charge is -2.29. The molecule has 0 aliphatic heterocycles. The third-order valence-corrected chi connectivity index (χ3v) is 7.88. The maximum absolute atomic E-state index is 13.4. The zero-order chi connectivity index (χ0) is 29.4. The summed E-state index contributed by atoms with van der Waals surface area (Å²) in [6.07, 6.45) is 4.05. The van der Waals surface area contributed by atoms with Gasteiger partial charge in [-0.2, -0.15) is 0 Å². The summed E-state index contributed by atoms with van der Waals surface area (Å²) in [4.78, 5) is 38.9. The van der Waals surface area contributed by atoms with Crippen molar-refractivity contribution in [2.45, 2.75) is 45.4 Å². The molecule has 2 N–H and O–H groups in total. The van der Waals surface area contributed by atoms with Gasteiger partial charge in [0.25, 0.3) is 11.8 Å². The molecular formula is C32H37N5O3S. The number of aromatic nitrogens is 2. The largest absolute Gasteiger partial charge is 0.389 e. The maximum atomic E-state index is 13.4. The molecule has 0 saturated carbocycles. The summed E-state index contributed by atoms with van der Waals surface area (Å²) >= 11 is 1.51. The Labute approximate surface area is 245 Å². The molecule has 0 aliphatic carbocycles. The third-order valence-electron chi connectivity index (χ3n) is 6.93. The predicted octanol–water partition coefficient (Wildman–Crippen LogP) is 4.52. The number of benzene rings is 2. The number of anilines is 1. The van der Waals surface area contributed by atoms with Crippen LogP contribution in [0.3, 0.4) is 0 Å². The van der Waals surface area contributed by atoms with Crippen LogP contribution in [0.15, 0.2) is 78.4 Å². The van der Waals surface area contributed by atoms with Gasteiger partial charge in [-0.1, -0.05) is 43.3 Å². The van der Waals surface area contributed by atoms with Gasteiger partial charge in [-0.3, -0.25) is 14.6 Å². The fraction of sp³-hybridized carbons (Fsp3) is 0.312. The number of amides is 2. The number of aliphatic hydroxyl groups is 1. The standard InChI is InChI=1S/C32H37N5O3S/c1-5-23-14-27(18-33-17-23)36(3)19-29(38)28(15-24-10-7-6-8-11-24)35-31(39)25-12-9-13-26(16-25)32(40)37(4)20-30-34-22(2)21-41-30/h6-14,16-18,21,28-29,38H,5,15,19-20H2,1-4H3,(H,35,39). The zero-order valence-corrected chi connectivity index (χ0v) is 24.8. The molecule has 0 spiro atoms. The Morgan fingerprint density at radius 2 is 1.76 bits per heavy atom. The number of hydrogen-bond donors (Lipinski definition) is 2. The van der Waals surface area contributed by atoms with Gasteiger partial charge in [-0.25, -0.2) is 4.98 Å². The van der Waals surface area contributed by atoms with Gasteiger partial charge in [0.15, 0.2) is 0 Å². The van der Waals surface area contributed by atoms with Crippen molar-refractivity contribution in [1.82, 2.24) is 20.2 Å². The minimum atomic E-state index is -0.868. The number of nitrogens with zero attached hydrogens (tertiary/aromatic N) is 4. The summed E-state index contributed by atoms with van der Waals surface area (Å²) in [7, 11) is 3.62. The van der Waals surface area contributed by atoms with E-state index >= 15 is 0 Å². The van der Waals surface area contributed by atoms with E-state index < -0.39 is 12.1 Å². The molecule has 8 nitrogen and oxygen atoms in total. The molecule has 0 aliphatic rings. The lowest BCUT2D eigenvalue weighted by atomic mass is 9.99. The molecule has 2 atom stereocenters. The molecule has 0 radical (unpaired) electrons. The molecule has 4 aromatic rings. The summed E-state index contributed by atoms with van der Waals surface area (Å²) in [5, 5.41) is 17.2. The zero-order valence-electron chi connectivity index (χ0n) is 23.9. The average Bonchev–Trinajstić information content (AvgIpc) is 3.40. The number of aryl methyl sites for hydroxylation is 2. The Bertz CT molecular complexity index is 1460. The van der Waals surface area contributed by atoms with Crippen molar-refractivity contribution < 1.29 is 14.7 Å². The molecule has 2 heterocycles. The molecule has 0 bridgehead atoms. The quantitative estimate of drug-likeness (QED) is 0.260. The minimum absolute atomic E-state index is 0.196. The van der Waals surface area contributed by atoms with Crippen LogP contribution >= 0.6 is 11.3 Å². The Morgan fingerprint density at radius 1 is 1.00 bits per heavy atom. The van der Waals surface area contributed by atoms with Crippen LogP contribution in [-0.2, 0) is 19.4 Å². The molecule has 41 heavy (non-hydrogen) atoms. The van der Waals surface area contributed by atoms with E-state index in [1.807, 2.05) is 60.8 Å². The Hall–Kier alpha value is -4.08. The summed E-state index contributed by atoms with van der Waals surface area (Å²) in [5.41, 5.74) is 4.70. The maximum Gasteiger partial charge on any atom is 0.253 e. The number of carbonyl (C=O) groups excluding carboxylic acids is 2. The van der Waals surface area contributed by atoms with Crippen LogP contribution in [0, 0.1) is 6.92 Å². The number of thiazole rings is 1. The average molecular weight is 572 g/mol. The van der Waals surface area contributed by atoms with Crippen molar-refractivity contribution >= 4 is 28.8 Å². The molecule has 0 fully saturated rings. The molecule has 214 valence electrons. The first-order valence-electron chi connectivity index (χ1n) is 13.7. The number of hydrogen-bond acceptors (Lipinski definition) is 7. The number of rotatable bonds is 12. The van der Waals surface area contributed by atoms with Crippen LogP contribution in [0.25, 0.3) is 0 Å². The van der Waals surface area contributed by atoms with E-state index in [4.69, 9.17) is 0 Å². The van der Waals surface area contributed by atoms with Gasteiger partial charge in [0.05, 0.1) is 30.6 Å². The van der Waals surface area contributed by atoms with Crippen LogP contribution < -0.4 is 10.2 Å². The van der Waals surface area contributed by atoms with E-state index in [-0.39, 0.29) is 11.8 Å². The lowest BCUT2D eigenvalue weighted by molar-refractivity contribution is 0.0785. The Balaban J connectivity index is 1.48. The van der Waals surface area contributed by atoms with Crippen LogP contribution in [0.1, 0.15) is 49.5 Å². The molecule has 2 unspecified atom stereocenters. The van der Waals surface area contributed by atoms with Gasteiger partial charge in [-0.05, 0) is 55.2 Å². The topological polar surface area (TPSA) is 98.7 Å². The van der Waals surface area contributed by atoms with E-state index in [0.29, 0.717) is 30.6 Å². The van der Waals surface area contributed by atoms with Crippen molar-refractivity contribution in [2.75, 3.05) is 25.5 Å². The second kappa shape index (κ2) is 14.0. The van der Waals surface area contributed by atoms with E-state index in [2.05, 4.69) is 28.3 Å². The number of pyridine rings is 1. The highest BCUT2D eigenvalue weighted by molar-refractivity contribution is 7.09. The van der Waals surface area contributed by atoms with E-state index in [1.165, 1.54) is 11.3 Å². The number of aliphatic hydroxyl groups excluding tert-OH is 1. The van der Waals surface area contributed by atoms with Gasteiger partial charge >= 0.3 is 0 Å². The van der Waals surface area contributed by atoms with E-state index in [1.54, 1.807) is 42.4 Å². The van der Waals surface area contributed by atoms with Gasteiger partial charge < -0.3 is 20.2 Å². The summed E-state index contributed by atoms with van der Waals surface area (Å²) in [5.74, 6) is -0.548. The van der Waals surface area contributed by atoms with Crippen molar-refractivity contribution in [3.8, 4) is 0 Å². The molecular weight excluding hydrogens is 534 g/mol. The molecule has 2 aromatic heterocycles. The summed E-state index contributed by atoms with van der Waals surface area (Å²) in [6, 6.07) is 17.9. The van der Waals surface area contributed by atoms with E-state index in [0.717, 1.165) is 33.9 Å². The predicted molar refractivity (Wildman–Crippen MR) is 163 cm³/mol. The molecule has 2 amide bonds. The lowest BCUT2D eigenvalue weighted by Crippen LogP contribution is -2.49. The fourth-order valence-electron chi connectivity index (χ4n) is 4.56. The SMILES string of the molecule is CCc1cncc(N(C)CC(O)C(Cc2ccccc2)NC(=O)c2cccc(C(=O)N(C)Cc3nc(C)cs3)c2)c1. The van der Waals surface area contributed by atoms with Crippen molar-refractivity contribution in [3.63, 3.8) is 0 Å². The summed E-state index contributed by atoms with van der Waals surface area (Å²) < 4.78 is 0. The van der Waals surface area contributed by atoms with Crippen LogP contribution in [0.5, 0.6) is 0 Å². The van der Waals surface area contributed by atoms with Crippen LogP contribution in [0.4, 0.5) is 5.69 Å². The highest BCUT2D eigenvalue weighted by Gasteiger charge is 2.25. The molecule has 2 aromatic carbocycles. The van der Waals surface area contributed by atoms with Gasteiger partial charge in [-0.15, -0.1) is 11.3 Å². The molecule has 9 heteroatoms. The monoisotopic (exact) mass is 571 g/mol. The first-order chi connectivity index (χ1) is 19.7. The Morgan fingerprint density at radius 3 is 2.46 bits per heavy atom. The van der Waals surface area contributed by atoms with Crippen LogP contribution in [0.2, 0.25) is 0 Å². The van der Waals surface area contributed by atoms with Gasteiger partial charge in [0.1, 0.15) is 5.01 Å². The number of carbonyl (C=O) groups is 2.